The van der Waals surface area contributed by atoms with Crippen molar-refractivity contribution in [3.8, 4) is 0 Å². The molecule has 1 saturated heterocycles. The first-order chi connectivity index (χ1) is 9.52. The Morgan fingerprint density at radius 1 is 1.25 bits per heavy atom. The summed E-state index contributed by atoms with van der Waals surface area (Å²) in [5.41, 5.74) is 0.222. The molecular weight excluding hydrogens is 254 g/mol. The molecule has 1 aromatic rings. The number of hydrogen-bond acceptors (Lipinski definition) is 4. The zero-order valence-corrected chi connectivity index (χ0v) is 12.1. The van der Waals surface area contributed by atoms with Crippen molar-refractivity contribution in [3.63, 3.8) is 0 Å². The number of rotatable bonds is 2. The molecule has 0 bridgehead atoms. The highest BCUT2D eigenvalue weighted by Crippen LogP contribution is 2.48. The van der Waals surface area contributed by atoms with E-state index in [2.05, 4.69) is 0 Å². The summed E-state index contributed by atoms with van der Waals surface area (Å²) in [5, 5.41) is 21.4. The molecule has 0 aromatic heterocycles. The third-order valence-corrected chi connectivity index (χ3v) is 4.85. The lowest BCUT2D eigenvalue weighted by Crippen LogP contribution is -2.56. The maximum atomic E-state index is 11.2. The zero-order chi connectivity index (χ0) is 14.3. The van der Waals surface area contributed by atoms with Gasteiger partial charge >= 0.3 is 0 Å². The maximum Gasteiger partial charge on any atom is 0.0906 e. The highest BCUT2D eigenvalue weighted by atomic mass is 16.5. The van der Waals surface area contributed by atoms with E-state index < -0.39 is 11.7 Å². The van der Waals surface area contributed by atoms with Gasteiger partial charge in [-0.1, -0.05) is 30.3 Å². The number of likely N-dealkylation sites (N-methyl/N-ethyl adjacent to an activating group) is 1. The predicted octanol–water partition coefficient (Wildman–Crippen LogP) is 1.19. The van der Waals surface area contributed by atoms with Crippen LogP contribution < -0.4 is 0 Å². The van der Waals surface area contributed by atoms with Gasteiger partial charge in [0.25, 0.3) is 0 Å². The number of ether oxygens (including phenoxy) is 1. The van der Waals surface area contributed by atoms with Gasteiger partial charge in [0.2, 0.25) is 0 Å². The van der Waals surface area contributed by atoms with E-state index in [4.69, 9.17) is 4.74 Å². The Hall–Kier alpha value is -0.940. The maximum absolute atomic E-state index is 11.2. The Morgan fingerprint density at radius 2 is 1.95 bits per heavy atom. The van der Waals surface area contributed by atoms with Crippen molar-refractivity contribution in [1.82, 2.24) is 4.90 Å². The van der Waals surface area contributed by atoms with Crippen LogP contribution in [0.3, 0.4) is 0 Å². The first-order valence-corrected chi connectivity index (χ1v) is 7.26. The molecule has 1 heterocycles. The van der Waals surface area contributed by atoms with E-state index in [0.29, 0.717) is 19.4 Å². The second-order valence-corrected chi connectivity index (χ2v) is 6.34. The third-order valence-electron chi connectivity index (χ3n) is 4.85. The summed E-state index contributed by atoms with van der Waals surface area (Å²) in [6.45, 7) is 0.511. The van der Waals surface area contributed by atoms with Gasteiger partial charge < -0.3 is 19.8 Å². The molecule has 2 N–H and O–H groups in total. The lowest BCUT2D eigenvalue weighted by atomic mass is 9.79. The van der Waals surface area contributed by atoms with Crippen LogP contribution in [0.25, 0.3) is 0 Å². The average molecular weight is 277 g/mol. The number of aliphatic hydroxyl groups excluding tert-OH is 1. The molecule has 2 aliphatic rings. The number of fused-ring (bicyclic) bond motifs is 1. The molecule has 1 saturated carbocycles. The van der Waals surface area contributed by atoms with Gasteiger partial charge in [0, 0.05) is 12.3 Å². The normalized spacial score (nSPS) is 40.9. The minimum absolute atomic E-state index is 0.0184. The Kier molecular flexibility index (Phi) is 3.58. The minimum atomic E-state index is -0.873. The summed E-state index contributed by atoms with van der Waals surface area (Å²) in [4.78, 5) is 1.94. The van der Waals surface area contributed by atoms with Crippen LogP contribution in [0.4, 0.5) is 0 Å². The highest BCUT2D eigenvalue weighted by molar-refractivity contribution is 5.21. The topological polar surface area (TPSA) is 52.9 Å². The van der Waals surface area contributed by atoms with Gasteiger partial charge in [0.05, 0.1) is 30.5 Å². The Bertz CT molecular complexity index is 464. The number of aliphatic hydroxyl groups is 2. The summed E-state index contributed by atoms with van der Waals surface area (Å²) in [7, 11) is 3.84. The van der Waals surface area contributed by atoms with Crippen molar-refractivity contribution in [2.75, 3.05) is 20.7 Å². The SMILES string of the molecule is CN(C)[C@H]1[C@H](O)C[C@@H]2CO[C@@H](c3ccccc3)C[C@]21O. The monoisotopic (exact) mass is 277 g/mol. The smallest absolute Gasteiger partial charge is 0.0906 e. The van der Waals surface area contributed by atoms with Crippen molar-refractivity contribution < 1.29 is 14.9 Å². The Labute approximate surface area is 120 Å². The fourth-order valence-electron chi connectivity index (χ4n) is 3.96. The number of nitrogens with zero attached hydrogens (tertiary/aromatic N) is 1. The standard InChI is InChI=1S/C16H23NO3/c1-17(2)15-13(18)8-12-10-20-14(9-16(12,15)19)11-6-4-3-5-7-11/h3-7,12-15,18-19H,8-10H2,1-2H3/t12-,13-,14-,15+,16+/m1/s1. The molecule has 5 atom stereocenters. The number of benzene rings is 1. The van der Waals surface area contributed by atoms with Crippen molar-refractivity contribution >= 4 is 0 Å². The zero-order valence-electron chi connectivity index (χ0n) is 12.1. The van der Waals surface area contributed by atoms with Crippen molar-refractivity contribution in [1.29, 1.82) is 0 Å². The van der Waals surface area contributed by atoms with Crippen LogP contribution in [-0.4, -0.2) is 53.6 Å². The predicted molar refractivity (Wildman–Crippen MR) is 76.3 cm³/mol. The van der Waals surface area contributed by atoms with Gasteiger partial charge in [-0.25, -0.2) is 0 Å². The Balaban J connectivity index is 1.86. The van der Waals surface area contributed by atoms with Crippen molar-refractivity contribution in [2.45, 2.75) is 36.7 Å². The van der Waals surface area contributed by atoms with Crippen molar-refractivity contribution in [2.24, 2.45) is 5.92 Å². The summed E-state index contributed by atoms with van der Waals surface area (Å²) < 4.78 is 5.93. The molecule has 0 amide bonds. The summed E-state index contributed by atoms with van der Waals surface area (Å²) in [6.07, 6.45) is 0.575. The molecule has 20 heavy (non-hydrogen) atoms. The molecule has 1 aliphatic heterocycles. The lowest BCUT2D eigenvalue weighted by Gasteiger charge is -2.44. The van der Waals surface area contributed by atoms with Crippen molar-refractivity contribution in [3.05, 3.63) is 35.9 Å². The van der Waals surface area contributed by atoms with Crippen LogP contribution in [-0.2, 0) is 4.74 Å². The highest BCUT2D eigenvalue weighted by Gasteiger charge is 2.57. The van der Waals surface area contributed by atoms with Crippen LogP contribution in [0, 0.1) is 5.92 Å². The fraction of sp³-hybridized carbons (Fsp3) is 0.625. The minimum Gasteiger partial charge on any atom is -0.391 e. The molecule has 0 radical (unpaired) electrons. The molecule has 1 aromatic carbocycles. The van der Waals surface area contributed by atoms with E-state index in [1.54, 1.807) is 0 Å². The number of hydrogen-bond donors (Lipinski definition) is 2. The van der Waals surface area contributed by atoms with E-state index in [0.717, 1.165) is 5.56 Å². The summed E-state index contributed by atoms with van der Waals surface area (Å²) in [5.74, 6) is 0.0184. The molecular formula is C16H23NO3. The van der Waals surface area contributed by atoms with Crippen LogP contribution in [0.5, 0.6) is 0 Å². The molecule has 1 aliphatic carbocycles. The molecule has 0 spiro atoms. The molecule has 2 fully saturated rings. The van der Waals surface area contributed by atoms with Crippen LogP contribution in [0.15, 0.2) is 30.3 Å². The largest absolute Gasteiger partial charge is 0.391 e. The lowest BCUT2D eigenvalue weighted by molar-refractivity contribution is -0.157. The second kappa shape index (κ2) is 5.11. The second-order valence-electron chi connectivity index (χ2n) is 6.34. The van der Waals surface area contributed by atoms with E-state index in [9.17, 15) is 10.2 Å². The quantitative estimate of drug-likeness (QED) is 0.852. The molecule has 3 rings (SSSR count). The molecule has 4 heteroatoms. The van der Waals surface area contributed by atoms with Gasteiger partial charge in [-0.05, 0) is 26.1 Å². The molecule has 0 unspecified atom stereocenters. The third kappa shape index (κ3) is 2.17. The van der Waals surface area contributed by atoms with E-state index >= 15 is 0 Å². The fourth-order valence-corrected chi connectivity index (χ4v) is 3.96. The van der Waals surface area contributed by atoms with Gasteiger partial charge in [0.15, 0.2) is 0 Å². The Morgan fingerprint density at radius 3 is 2.60 bits per heavy atom. The average Bonchev–Trinajstić information content (AvgIpc) is 2.68. The van der Waals surface area contributed by atoms with E-state index in [1.807, 2.05) is 49.3 Å². The van der Waals surface area contributed by atoms with Crippen LogP contribution >= 0.6 is 0 Å². The van der Waals surface area contributed by atoms with Gasteiger partial charge in [0.1, 0.15) is 0 Å². The first kappa shape index (κ1) is 14.0. The summed E-state index contributed by atoms with van der Waals surface area (Å²) >= 11 is 0. The first-order valence-electron chi connectivity index (χ1n) is 7.26. The van der Waals surface area contributed by atoms with Crippen LogP contribution in [0.1, 0.15) is 24.5 Å². The summed E-state index contributed by atoms with van der Waals surface area (Å²) in [6, 6.07) is 9.80. The van der Waals surface area contributed by atoms with Gasteiger partial charge in [-0.3, -0.25) is 0 Å². The van der Waals surface area contributed by atoms with Gasteiger partial charge in [-0.15, -0.1) is 0 Å². The van der Waals surface area contributed by atoms with Crippen LogP contribution in [0.2, 0.25) is 0 Å². The molecule has 110 valence electrons. The van der Waals surface area contributed by atoms with E-state index in [-0.39, 0.29) is 18.1 Å². The van der Waals surface area contributed by atoms with E-state index in [1.165, 1.54) is 0 Å². The van der Waals surface area contributed by atoms with Gasteiger partial charge in [-0.2, -0.15) is 0 Å². The molecule has 4 nitrogen and oxygen atoms in total.